The van der Waals surface area contributed by atoms with Crippen LogP contribution in [0.3, 0.4) is 0 Å². The number of allylic oxidation sites excluding steroid dienone is 4. The number of unbranched alkanes of at least 4 members (excludes halogenated alkanes) is 24. The number of halogens is 1. The quantitative estimate of drug-likeness (QED) is 0.0588. The molecule has 0 aromatic heterocycles. The molecule has 246 valence electrons. The smallest absolute Gasteiger partial charge is 0.0558 e. The van der Waals surface area contributed by atoms with Crippen LogP contribution in [0.25, 0.3) is 0 Å². The Bertz CT molecular complexity index is 465. The van der Waals surface area contributed by atoms with Crippen LogP contribution in [-0.2, 0) is 0 Å². The van der Waals surface area contributed by atoms with E-state index in [1.54, 1.807) is 0 Å². The average molecular weight is 598 g/mol. The first-order valence-electron chi connectivity index (χ1n) is 18.5. The van der Waals surface area contributed by atoms with Gasteiger partial charge >= 0.3 is 0 Å². The monoisotopic (exact) mass is 598 g/mol. The number of aliphatic hydroxyl groups excluding tert-OH is 1. The molecule has 0 atom stereocenters. The maximum absolute atomic E-state index is 9.45. The molecule has 0 heterocycles. The Kier molecular flexibility index (Phi) is 41.5. The molecule has 0 aliphatic heterocycles. The minimum atomic E-state index is 0. The van der Waals surface area contributed by atoms with Crippen LogP contribution >= 0.6 is 12.4 Å². The lowest BCUT2D eigenvalue weighted by atomic mass is 10.1. The number of hydrogen-bond donors (Lipinski definition) is 1. The Labute approximate surface area is 266 Å². The predicted molar refractivity (Wildman–Crippen MR) is 190 cm³/mol. The molecule has 0 radical (unpaired) electrons. The van der Waals surface area contributed by atoms with E-state index in [9.17, 15) is 5.11 Å². The molecule has 0 amide bonds. The van der Waals surface area contributed by atoms with Crippen molar-refractivity contribution in [3.05, 3.63) is 24.3 Å². The van der Waals surface area contributed by atoms with E-state index in [-0.39, 0.29) is 12.4 Å². The Morgan fingerprint density at radius 3 is 0.927 bits per heavy atom. The molecule has 0 fully saturated rings. The van der Waals surface area contributed by atoms with Crippen LogP contribution in [0.2, 0.25) is 0 Å². The second-order valence-corrected chi connectivity index (χ2v) is 12.4. The SMILES string of the molecule is CCCCCCCC/C=C\CCCCCCCCN(CCO)CCCCCCCC/C=C\CCCCCCCC.Cl. The van der Waals surface area contributed by atoms with Crippen LogP contribution in [0.4, 0.5) is 0 Å². The summed E-state index contributed by atoms with van der Waals surface area (Å²) in [6.45, 7) is 8.09. The average Bonchev–Trinajstić information content (AvgIpc) is 2.96. The highest BCUT2D eigenvalue weighted by Crippen LogP contribution is 2.12. The molecule has 0 saturated carbocycles. The highest BCUT2D eigenvalue weighted by molar-refractivity contribution is 5.85. The Morgan fingerprint density at radius 1 is 0.366 bits per heavy atom. The van der Waals surface area contributed by atoms with Gasteiger partial charge in [-0.2, -0.15) is 0 Å². The van der Waals surface area contributed by atoms with Gasteiger partial charge in [0.25, 0.3) is 0 Å². The molecule has 0 saturated heterocycles. The number of hydrogen-bond acceptors (Lipinski definition) is 2. The third-order valence-electron chi connectivity index (χ3n) is 8.39. The summed E-state index contributed by atoms with van der Waals surface area (Å²) in [6, 6.07) is 0. The van der Waals surface area contributed by atoms with Crippen molar-refractivity contribution in [3.63, 3.8) is 0 Å². The van der Waals surface area contributed by atoms with Gasteiger partial charge in [-0.25, -0.2) is 0 Å². The molecular formula is C38H76ClNO. The van der Waals surface area contributed by atoms with Gasteiger partial charge in [0.2, 0.25) is 0 Å². The zero-order chi connectivity index (χ0) is 29.0. The Hall–Kier alpha value is -0.310. The first-order chi connectivity index (χ1) is 19.8. The van der Waals surface area contributed by atoms with Gasteiger partial charge in [-0.3, -0.25) is 0 Å². The molecule has 0 unspecified atom stereocenters. The highest BCUT2D eigenvalue weighted by atomic mass is 35.5. The normalized spacial score (nSPS) is 11.8. The Morgan fingerprint density at radius 2 is 0.634 bits per heavy atom. The first kappa shape index (κ1) is 42.8. The largest absolute Gasteiger partial charge is 0.395 e. The Balaban J connectivity index is 0. The zero-order valence-corrected chi connectivity index (χ0v) is 29.1. The summed E-state index contributed by atoms with van der Waals surface area (Å²) < 4.78 is 0. The number of aliphatic hydroxyl groups is 1. The molecule has 0 aliphatic rings. The molecule has 0 aromatic carbocycles. The molecule has 3 heteroatoms. The summed E-state index contributed by atoms with van der Waals surface area (Å²) in [5.74, 6) is 0. The second-order valence-electron chi connectivity index (χ2n) is 12.4. The zero-order valence-electron chi connectivity index (χ0n) is 28.2. The van der Waals surface area contributed by atoms with Crippen LogP contribution in [0, 0.1) is 0 Å². The van der Waals surface area contributed by atoms with Gasteiger partial charge in [0, 0.05) is 6.54 Å². The third kappa shape index (κ3) is 37.7. The first-order valence-corrected chi connectivity index (χ1v) is 18.5. The molecule has 41 heavy (non-hydrogen) atoms. The van der Waals surface area contributed by atoms with E-state index in [1.807, 2.05) is 0 Å². The van der Waals surface area contributed by atoms with E-state index >= 15 is 0 Å². The summed E-state index contributed by atoms with van der Waals surface area (Å²) in [7, 11) is 0. The van der Waals surface area contributed by atoms with Crippen molar-refractivity contribution in [2.24, 2.45) is 0 Å². The lowest BCUT2D eigenvalue weighted by Gasteiger charge is -2.21. The van der Waals surface area contributed by atoms with Crippen molar-refractivity contribution in [3.8, 4) is 0 Å². The maximum atomic E-state index is 9.45. The van der Waals surface area contributed by atoms with Crippen LogP contribution in [0.15, 0.2) is 24.3 Å². The minimum absolute atomic E-state index is 0. The fourth-order valence-electron chi connectivity index (χ4n) is 5.64. The summed E-state index contributed by atoms with van der Waals surface area (Å²) in [6.07, 6.45) is 48.0. The van der Waals surface area contributed by atoms with E-state index in [4.69, 9.17) is 0 Å². The van der Waals surface area contributed by atoms with Gasteiger partial charge in [-0.15, -0.1) is 12.4 Å². The lowest BCUT2D eigenvalue weighted by Crippen LogP contribution is -2.29. The van der Waals surface area contributed by atoms with Crippen molar-refractivity contribution >= 4 is 12.4 Å². The van der Waals surface area contributed by atoms with Crippen molar-refractivity contribution in [2.75, 3.05) is 26.2 Å². The topological polar surface area (TPSA) is 23.5 Å². The molecule has 0 rings (SSSR count). The van der Waals surface area contributed by atoms with Crippen LogP contribution in [0.5, 0.6) is 0 Å². The van der Waals surface area contributed by atoms with Crippen molar-refractivity contribution in [1.29, 1.82) is 0 Å². The standard InChI is InChI=1S/C38H75NO.ClH/c1-3-5-7-9-11-13-15-17-19-21-23-25-27-29-31-33-35-39(37-38-40)36-34-32-30-28-26-24-22-20-18-16-14-12-10-8-6-4-2;/h17-20,40H,3-16,21-38H2,1-2H3;1H/b19-17-,20-18-;. The molecule has 0 aliphatic carbocycles. The maximum Gasteiger partial charge on any atom is 0.0558 e. The van der Waals surface area contributed by atoms with Crippen LogP contribution < -0.4 is 0 Å². The van der Waals surface area contributed by atoms with Gasteiger partial charge in [0.1, 0.15) is 0 Å². The second kappa shape index (κ2) is 39.7. The van der Waals surface area contributed by atoms with Gasteiger partial charge in [-0.05, 0) is 77.3 Å². The van der Waals surface area contributed by atoms with Crippen molar-refractivity contribution in [1.82, 2.24) is 4.90 Å². The predicted octanol–water partition coefficient (Wildman–Crippen LogP) is 12.8. The van der Waals surface area contributed by atoms with Gasteiger partial charge in [0.05, 0.1) is 6.61 Å². The van der Waals surface area contributed by atoms with E-state index in [2.05, 4.69) is 43.1 Å². The fraction of sp³-hybridized carbons (Fsp3) is 0.895. The summed E-state index contributed by atoms with van der Waals surface area (Å²) in [5.41, 5.74) is 0. The van der Waals surface area contributed by atoms with Crippen molar-refractivity contribution < 1.29 is 5.11 Å². The minimum Gasteiger partial charge on any atom is -0.395 e. The van der Waals surface area contributed by atoms with Crippen LogP contribution in [-0.4, -0.2) is 36.2 Å². The summed E-state index contributed by atoms with van der Waals surface area (Å²) >= 11 is 0. The van der Waals surface area contributed by atoms with E-state index < -0.39 is 0 Å². The van der Waals surface area contributed by atoms with E-state index in [0.717, 1.165) is 6.54 Å². The highest BCUT2D eigenvalue weighted by Gasteiger charge is 2.04. The summed E-state index contributed by atoms with van der Waals surface area (Å²) in [5, 5.41) is 9.45. The summed E-state index contributed by atoms with van der Waals surface area (Å²) in [4.78, 5) is 2.50. The van der Waals surface area contributed by atoms with Crippen LogP contribution in [0.1, 0.15) is 194 Å². The fourth-order valence-corrected chi connectivity index (χ4v) is 5.64. The van der Waals surface area contributed by atoms with E-state index in [0.29, 0.717) is 6.61 Å². The van der Waals surface area contributed by atoms with Crippen molar-refractivity contribution in [2.45, 2.75) is 194 Å². The van der Waals surface area contributed by atoms with Gasteiger partial charge < -0.3 is 10.0 Å². The molecular weight excluding hydrogens is 522 g/mol. The molecule has 1 N–H and O–H groups in total. The molecule has 2 nitrogen and oxygen atoms in total. The molecule has 0 bridgehead atoms. The molecule has 0 aromatic rings. The third-order valence-corrected chi connectivity index (χ3v) is 8.39. The number of nitrogens with zero attached hydrogens (tertiary/aromatic N) is 1. The van der Waals surface area contributed by atoms with E-state index in [1.165, 1.54) is 193 Å². The number of rotatable bonds is 34. The lowest BCUT2D eigenvalue weighted by molar-refractivity contribution is 0.190. The molecule has 0 spiro atoms. The van der Waals surface area contributed by atoms with Gasteiger partial charge in [-0.1, -0.05) is 154 Å². The van der Waals surface area contributed by atoms with Gasteiger partial charge in [0.15, 0.2) is 0 Å².